The molecule has 5 unspecified atom stereocenters. The van der Waals surface area contributed by atoms with Crippen LogP contribution in [0.5, 0.6) is 5.75 Å². The first-order valence-electron chi connectivity index (χ1n) is 13.3. The molecule has 7 N–H and O–H groups in total. The smallest absolute Gasteiger partial charge is 0.326 e. The quantitative estimate of drug-likeness (QED) is 0.177. The summed E-state index contributed by atoms with van der Waals surface area (Å²) in [6, 6.07) is 11.1. The van der Waals surface area contributed by atoms with Gasteiger partial charge in [0.25, 0.3) is 0 Å². The van der Waals surface area contributed by atoms with Crippen LogP contribution in [0.4, 0.5) is 0 Å². The third-order valence-corrected chi connectivity index (χ3v) is 7.35. The number of benzene rings is 2. The first-order valence-corrected chi connectivity index (χ1v) is 14.6. The second-order valence-corrected chi connectivity index (χ2v) is 10.8. The van der Waals surface area contributed by atoms with E-state index in [4.69, 9.17) is 5.73 Å². The first kappa shape index (κ1) is 32.6. The van der Waals surface area contributed by atoms with Crippen LogP contribution < -0.4 is 21.7 Å². The molecule has 11 heteroatoms. The number of hydrogen-bond donors (Lipinski definition) is 6. The molecule has 218 valence electrons. The molecule has 5 atom stereocenters. The normalized spacial score (nSPS) is 14.7. The number of carbonyl (C=O) groups is 4. The number of hydrogen-bond acceptors (Lipinski definition) is 7. The van der Waals surface area contributed by atoms with E-state index in [-0.39, 0.29) is 30.9 Å². The van der Waals surface area contributed by atoms with Gasteiger partial charge in [-0.2, -0.15) is 11.8 Å². The topological polar surface area (TPSA) is 171 Å². The van der Waals surface area contributed by atoms with Gasteiger partial charge < -0.3 is 31.9 Å². The van der Waals surface area contributed by atoms with E-state index in [1.807, 2.05) is 50.4 Å². The summed E-state index contributed by atoms with van der Waals surface area (Å²) in [5, 5.41) is 27.2. The van der Waals surface area contributed by atoms with E-state index in [1.54, 1.807) is 12.1 Å². The van der Waals surface area contributed by atoms with Crippen molar-refractivity contribution in [2.24, 2.45) is 11.7 Å². The van der Waals surface area contributed by atoms with Gasteiger partial charge in [-0.15, -0.1) is 0 Å². The molecule has 0 aliphatic rings. The Morgan fingerprint density at radius 2 is 1.35 bits per heavy atom. The van der Waals surface area contributed by atoms with Crippen molar-refractivity contribution in [1.29, 1.82) is 0 Å². The van der Waals surface area contributed by atoms with Crippen molar-refractivity contribution in [3.8, 4) is 5.75 Å². The van der Waals surface area contributed by atoms with Gasteiger partial charge in [-0.05, 0) is 47.6 Å². The monoisotopic (exact) mass is 572 g/mol. The highest BCUT2D eigenvalue weighted by molar-refractivity contribution is 7.98. The predicted octanol–water partition coefficient (Wildman–Crippen LogP) is 1.84. The predicted molar refractivity (Wildman–Crippen MR) is 156 cm³/mol. The van der Waals surface area contributed by atoms with E-state index in [0.29, 0.717) is 17.7 Å². The molecular formula is C29H40N4O6S. The zero-order valence-electron chi connectivity index (χ0n) is 23.1. The van der Waals surface area contributed by atoms with Crippen LogP contribution in [0.2, 0.25) is 0 Å². The number of carbonyl (C=O) groups excluding carboxylic acids is 3. The average molecular weight is 573 g/mol. The minimum absolute atomic E-state index is 0.00919. The van der Waals surface area contributed by atoms with E-state index >= 15 is 0 Å². The van der Waals surface area contributed by atoms with Crippen molar-refractivity contribution in [2.45, 2.75) is 63.7 Å². The number of thioether (sulfide) groups is 1. The van der Waals surface area contributed by atoms with Crippen LogP contribution in [0, 0.1) is 5.92 Å². The molecule has 3 amide bonds. The van der Waals surface area contributed by atoms with E-state index in [9.17, 15) is 29.4 Å². The lowest BCUT2D eigenvalue weighted by atomic mass is 9.98. The van der Waals surface area contributed by atoms with Crippen LogP contribution in [0.25, 0.3) is 0 Å². The molecule has 0 spiro atoms. The SMILES string of the molecule is CCC(C)C(N)C(=O)NC(Cc1ccccc1)C(=O)NC(CCSC)C(=O)NC(Cc1ccc(O)cc1)C(=O)O. The van der Waals surface area contributed by atoms with Crippen molar-refractivity contribution in [3.05, 3.63) is 65.7 Å². The van der Waals surface area contributed by atoms with Crippen LogP contribution in [-0.4, -0.2) is 70.1 Å². The largest absolute Gasteiger partial charge is 0.508 e. The van der Waals surface area contributed by atoms with Crippen LogP contribution in [0.3, 0.4) is 0 Å². The van der Waals surface area contributed by atoms with E-state index < -0.39 is 47.9 Å². The summed E-state index contributed by atoms with van der Waals surface area (Å²) >= 11 is 1.48. The molecule has 0 bridgehead atoms. The second-order valence-electron chi connectivity index (χ2n) is 9.77. The molecule has 40 heavy (non-hydrogen) atoms. The van der Waals surface area contributed by atoms with Gasteiger partial charge in [0.1, 0.15) is 23.9 Å². The fourth-order valence-electron chi connectivity index (χ4n) is 3.96. The van der Waals surface area contributed by atoms with Gasteiger partial charge in [-0.25, -0.2) is 4.79 Å². The van der Waals surface area contributed by atoms with Crippen LogP contribution in [0.15, 0.2) is 54.6 Å². The van der Waals surface area contributed by atoms with Gasteiger partial charge in [0.15, 0.2) is 0 Å². The Bertz CT molecular complexity index is 1120. The number of rotatable bonds is 16. The first-order chi connectivity index (χ1) is 19.0. The van der Waals surface area contributed by atoms with E-state index in [0.717, 1.165) is 5.56 Å². The highest BCUT2D eigenvalue weighted by Gasteiger charge is 2.31. The summed E-state index contributed by atoms with van der Waals surface area (Å²) in [5.74, 6) is -2.43. The third-order valence-electron chi connectivity index (χ3n) is 6.71. The summed E-state index contributed by atoms with van der Waals surface area (Å²) in [4.78, 5) is 51.5. The number of phenolic OH excluding ortho intramolecular Hbond substituents is 1. The molecule has 0 aromatic heterocycles. The molecule has 0 heterocycles. The fourth-order valence-corrected chi connectivity index (χ4v) is 4.43. The number of carboxylic acid groups (broad SMARTS) is 1. The molecule has 0 aliphatic carbocycles. The lowest BCUT2D eigenvalue weighted by molar-refractivity contribution is -0.142. The second kappa shape index (κ2) is 16.5. The maximum Gasteiger partial charge on any atom is 0.326 e. The minimum atomic E-state index is -1.25. The number of aromatic hydroxyl groups is 1. The number of aliphatic carboxylic acids is 1. The lowest BCUT2D eigenvalue weighted by Crippen LogP contribution is -2.58. The summed E-state index contributed by atoms with van der Waals surface area (Å²) in [6.07, 6.45) is 2.97. The highest BCUT2D eigenvalue weighted by atomic mass is 32.2. The number of amides is 3. The summed E-state index contributed by atoms with van der Waals surface area (Å²) in [6.45, 7) is 3.78. The van der Waals surface area contributed by atoms with Crippen LogP contribution >= 0.6 is 11.8 Å². The number of phenols is 1. The van der Waals surface area contributed by atoms with E-state index in [1.165, 1.54) is 23.9 Å². The van der Waals surface area contributed by atoms with Crippen molar-refractivity contribution in [1.82, 2.24) is 16.0 Å². The molecule has 0 aliphatic heterocycles. The molecule has 0 radical (unpaired) electrons. The molecular weight excluding hydrogens is 532 g/mol. The molecule has 2 rings (SSSR count). The Morgan fingerprint density at radius 1 is 0.825 bits per heavy atom. The molecule has 2 aromatic carbocycles. The Hall–Kier alpha value is -3.57. The van der Waals surface area contributed by atoms with Gasteiger partial charge in [0.05, 0.1) is 6.04 Å². The maximum atomic E-state index is 13.5. The zero-order valence-corrected chi connectivity index (χ0v) is 23.9. The van der Waals surface area contributed by atoms with Gasteiger partial charge in [-0.3, -0.25) is 14.4 Å². The zero-order chi connectivity index (χ0) is 29.7. The highest BCUT2D eigenvalue weighted by Crippen LogP contribution is 2.13. The van der Waals surface area contributed by atoms with Crippen molar-refractivity contribution in [2.75, 3.05) is 12.0 Å². The molecule has 0 fully saturated rings. The maximum absolute atomic E-state index is 13.5. The number of nitrogens with one attached hydrogen (secondary N) is 3. The Morgan fingerprint density at radius 3 is 1.93 bits per heavy atom. The van der Waals surface area contributed by atoms with Gasteiger partial charge in [0.2, 0.25) is 17.7 Å². The lowest BCUT2D eigenvalue weighted by Gasteiger charge is -2.26. The summed E-state index contributed by atoms with van der Waals surface area (Å²) < 4.78 is 0. The third kappa shape index (κ3) is 10.5. The van der Waals surface area contributed by atoms with E-state index in [2.05, 4.69) is 16.0 Å². The van der Waals surface area contributed by atoms with Crippen LogP contribution in [-0.2, 0) is 32.0 Å². The van der Waals surface area contributed by atoms with Crippen molar-refractivity contribution >= 4 is 35.5 Å². The molecule has 0 saturated carbocycles. The molecule has 10 nitrogen and oxygen atoms in total. The number of carboxylic acids is 1. The van der Waals surface area contributed by atoms with Gasteiger partial charge in [0, 0.05) is 12.8 Å². The Balaban J connectivity index is 2.21. The fraction of sp³-hybridized carbons (Fsp3) is 0.448. The Labute approximate surface area is 239 Å². The minimum Gasteiger partial charge on any atom is -0.508 e. The Kier molecular flexibility index (Phi) is 13.5. The molecule has 2 aromatic rings. The van der Waals surface area contributed by atoms with Gasteiger partial charge >= 0.3 is 5.97 Å². The van der Waals surface area contributed by atoms with Gasteiger partial charge in [-0.1, -0.05) is 62.7 Å². The average Bonchev–Trinajstić information content (AvgIpc) is 2.94. The van der Waals surface area contributed by atoms with Crippen molar-refractivity contribution < 1.29 is 29.4 Å². The number of nitrogens with two attached hydrogens (primary N) is 1. The standard InChI is InChI=1S/C29H40N4O6S/c1-4-18(2)25(30)28(37)32-23(16-19-8-6-5-7-9-19)27(36)31-22(14-15-40-3)26(35)33-24(29(38)39)17-20-10-12-21(34)13-11-20/h5-13,18,22-25,34H,4,14-17,30H2,1-3H3,(H,31,36)(H,32,37)(H,33,35)(H,38,39). The summed E-state index contributed by atoms with van der Waals surface area (Å²) in [7, 11) is 0. The van der Waals surface area contributed by atoms with Crippen LogP contribution in [0.1, 0.15) is 37.8 Å². The molecule has 0 saturated heterocycles. The summed E-state index contributed by atoms with van der Waals surface area (Å²) in [5.41, 5.74) is 7.52. The van der Waals surface area contributed by atoms with Crippen molar-refractivity contribution in [3.63, 3.8) is 0 Å².